The van der Waals surface area contributed by atoms with Gasteiger partial charge in [-0.15, -0.1) is 0 Å². The highest BCUT2D eigenvalue weighted by molar-refractivity contribution is 6.03. The highest BCUT2D eigenvalue weighted by Crippen LogP contribution is 2.26. The average Bonchev–Trinajstić information content (AvgIpc) is 3.02. The summed E-state index contributed by atoms with van der Waals surface area (Å²) in [5.74, 6) is -0.282. The smallest absolute Gasteiger partial charge is 0.259 e. The molecule has 122 valence electrons. The third kappa shape index (κ3) is 3.60. The number of aryl methyl sites for hydroxylation is 1. The third-order valence-corrected chi connectivity index (χ3v) is 3.65. The van der Waals surface area contributed by atoms with Crippen molar-refractivity contribution < 1.29 is 9.32 Å². The lowest BCUT2D eigenvalue weighted by Crippen LogP contribution is -2.25. The van der Waals surface area contributed by atoms with E-state index >= 15 is 0 Å². The van der Waals surface area contributed by atoms with Gasteiger partial charge in [-0.1, -0.05) is 35.5 Å². The Hall–Kier alpha value is -3.15. The first-order valence-electron chi connectivity index (χ1n) is 7.73. The fourth-order valence-corrected chi connectivity index (χ4v) is 2.45. The van der Waals surface area contributed by atoms with E-state index in [9.17, 15) is 4.79 Å². The zero-order valence-electron chi connectivity index (χ0n) is 13.1. The molecule has 24 heavy (non-hydrogen) atoms. The van der Waals surface area contributed by atoms with Crippen molar-refractivity contribution in [1.82, 2.24) is 15.5 Å². The normalized spacial score (nSPS) is 10.5. The minimum Gasteiger partial charge on any atom is -0.367 e. The Kier molecular flexibility index (Phi) is 4.86. The second-order valence-corrected chi connectivity index (χ2v) is 5.36. The number of hydrogen-bond acceptors (Lipinski definition) is 5. The summed E-state index contributed by atoms with van der Waals surface area (Å²) in [5.41, 5.74) is 8.35. The molecule has 0 aliphatic carbocycles. The van der Waals surface area contributed by atoms with Crippen molar-refractivity contribution in [2.75, 3.05) is 12.3 Å². The van der Waals surface area contributed by atoms with E-state index in [0.29, 0.717) is 17.8 Å². The van der Waals surface area contributed by atoms with E-state index in [1.807, 2.05) is 18.2 Å². The number of nitrogens with two attached hydrogens (primary N) is 1. The molecule has 0 saturated heterocycles. The number of pyridine rings is 1. The molecule has 0 fully saturated rings. The number of amides is 1. The Morgan fingerprint density at radius 2 is 2.00 bits per heavy atom. The van der Waals surface area contributed by atoms with Gasteiger partial charge in [0.25, 0.3) is 5.91 Å². The van der Waals surface area contributed by atoms with E-state index in [0.717, 1.165) is 12.8 Å². The van der Waals surface area contributed by atoms with Crippen LogP contribution in [0.15, 0.2) is 59.4 Å². The van der Waals surface area contributed by atoms with Crippen molar-refractivity contribution in [3.63, 3.8) is 0 Å². The lowest BCUT2D eigenvalue weighted by atomic mass is 10.1. The molecule has 6 nitrogen and oxygen atoms in total. The number of hydrogen-bond donors (Lipinski definition) is 2. The molecule has 0 spiro atoms. The molecular weight excluding hydrogens is 304 g/mol. The van der Waals surface area contributed by atoms with E-state index in [2.05, 4.69) is 27.6 Å². The van der Waals surface area contributed by atoms with Gasteiger partial charge in [0.2, 0.25) is 5.88 Å². The summed E-state index contributed by atoms with van der Waals surface area (Å²) < 4.78 is 4.99. The van der Waals surface area contributed by atoms with Crippen LogP contribution >= 0.6 is 0 Å². The summed E-state index contributed by atoms with van der Waals surface area (Å²) >= 11 is 0. The zero-order chi connectivity index (χ0) is 16.8. The van der Waals surface area contributed by atoms with Crippen LogP contribution in [0.25, 0.3) is 11.3 Å². The van der Waals surface area contributed by atoms with Crippen molar-refractivity contribution in [1.29, 1.82) is 0 Å². The molecule has 2 heterocycles. The molecule has 3 N–H and O–H groups in total. The molecule has 0 unspecified atom stereocenters. The molecule has 1 aromatic carbocycles. The predicted molar refractivity (Wildman–Crippen MR) is 91.2 cm³/mol. The van der Waals surface area contributed by atoms with E-state index in [1.165, 1.54) is 5.56 Å². The maximum absolute atomic E-state index is 12.4. The highest BCUT2D eigenvalue weighted by atomic mass is 16.5. The van der Waals surface area contributed by atoms with Gasteiger partial charge in [0, 0.05) is 24.5 Å². The van der Waals surface area contributed by atoms with Crippen LogP contribution in [0.5, 0.6) is 0 Å². The minimum absolute atomic E-state index is 0.00872. The van der Waals surface area contributed by atoms with Crippen LogP contribution in [0.3, 0.4) is 0 Å². The number of nitrogens with zero attached hydrogens (tertiary/aromatic N) is 2. The van der Waals surface area contributed by atoms with Gasteiger partial charge in [-0.2, -0.15) is 0 Å². The Balaban J connectivity index is 1.62. The van der Waals surface area contributed by atoms with E-state index in [1.54, 1.807) is 24.5 Å². The largest absolute Gasteiger partial charge is 0.367 e. The summed E-state index contributed by atoms with van der Waals surface area (Å²) in [6, 6.07) is 13.7. The van der Waals surface area contributed by atoms with Gasteiger partial charge < -0.3 is 15.6 Å². The molecule has 0 aliphatic rings. The SMILES string of the molecule is Nc1onc(-c2cccnc2)c1C(=O)NCCCc1ccccc1. The summed E-state index contributed by atoms with van der Waals surface area (Å²) in [5, 5.41) is 6.75. The van der Waals surface area contributed by atoms with E-state index < -0.39 is 0 Å². The number of carbonyl (C=O) groups excluding carboxylic acids is 1. The van der Waals surface area contributed by atoms with Gasteiger partial charge in [0.1, 0.15) is 11.3 Å². The fourth-order valence-electron chi connectivity index (χ4n) is 2.45. The molecule has 3 rings (SSSR count). The van der Waals surface area contributed by atoms with Crippen LogP contribution < -0.4 is 11.1 Å². The van der Waals surface area contributed by atoms with E-state index in [-0.39, 0.29) is 17.4 Å². The lowest BCUT2D eigenvalue weighted by Gasteiger charge is -2.06. The first-order chi connectivity index (χ1) is 11.8. The van der Waals surface area contributed by atoms with Crippen LogP contribution in [0, 0.1) is 0 Å². The van der Waals surface area contributed by atoms with Crippen LogP contribution in [0.1, 0.15) is 22.3 Å². The van der Waals surface area contributed by atoms with Crippen molar-refractivity contribution in [3.8, 4) is 11.3 Å². The Labute approximate surface area is 139 Å². The van der Waals surface area contributed by atoms with Crippen molar-refractivity contribution in [3.05, 3.63) is 66.0 Å². The van der Waals surface area contributed by atoms with Gasteiger partial charge in [-0.25, -0.2) is 0 Å². The monoisotopic (exact) mass is 322 g/mol. The fraction of sp³-hybridized carbons (Fsp3) is 0.167. The molecule has 1 amide bonds. The molecule has 0 atom stereocenters. The maximum atomic E-state index is 12.4. The molecule has 6 heteroatoms. The second-order valence-electron chi connectivity index (χ2n) is 5.36. The Bertz CT molecular complexity index is 800. The van der Waals surface area contributed by atoms with Gasteiger partial charge in [0.05, 0.1) is 0 Å². The maximum Gasteiger partial charge on any atom is 0.259 e. The van der Waals surface area contributed by atoms with Gasteiger partial charge in [-0.3, -0.25) is 9.78 Å². The van der Waals surface area contributed by atoms with Crippen LogP contribution in [-0.4, -0.2) is 22.6 Å². The first kappa shape index (κ1) is 15.7. The second kappa shape index (κ2) is 7.41. The van der Waals surface area contributed by atoms with Gasteiger partial charge in [-0.05, 0) is 30.5 Å². The molecular formula is C18H18N4O2. The lowest BCUT2D eigenvalue weighted by molar-refractivity contribution is 0.0954. The number of benzene rings is 1. The Morgan fingerprint density at radius 1 is 1.17 bits per heavy atom. The van der Waals surface area contributed by atoms with Crippen molar-refractivity contribution in [2.45, 2.75) is 12.8 Å². The molecule has 0 bridgehead atoms. The first-order valence-corrected chi connectivity index (χ1v) is 7.73. The number of anilines is 1. The van der Waals surface area contributed by atoms with Gasteiger partial charge in [0.15, 0.2) is 0 Å². The molecule has 0 radical (unpaired) electrons. The summed E-state index contributed by atoms with van der Waals surface area (Å²) in [7, 11) is 0. The standard InChI is InChI=1S/C18H18N4O2/c19-17-15(16(22-24-17)14-9-5-10-20-12-14)18(23)21-11-4-8-13-6-2-1-3-7-13/h1-3,5-7,9-10,12H,4,8,11,19H2,(H,21,23). The number of aromatic nitrogens is 2. The van der Waals surface area contributed by atoms with Gasteiger partial charge >= 0.3 is 0 Å². The average molecular weight is 322 g/mol. The number of nitrogen functional groups attached to an aromatic ring is 1. The predicted octanol–water partition coefficient (Wildman–Crippen LogP) is 2.68. The van der Waals surface area contributed by atoms with E-state index in [4.69, 9.17) is 10.3 Å². The minimum atomic E-state index is -0.291. The van der Waals surface area contributed by atoms with Crippen LogP contribution in [0.2, 0.25) is 0 Å². The Morgan fingerprint density at radius 3 is 2.75 bits per heavy atom. The molecule has 0 aliphatic heterocycles. The number of carbonyl (C=O) groups is 1. The summed E-state index contributed by atoms with van der Waals surface area (Å²) in [6.45, 7) is 0.546. The van der Waals surface area contributed by atoms with Crippen LogP contribution in [-0.2, 0) is 6.42 Å². The topological polar surface area (TPSA) is 94.0 Å². The molecule has 3 aromatic rings. The van der Waals surface area contributed by atoms with Crippen molar-refractivity contribution in [2.24, 2.45) is 0 Å². The zero-order valence-corrected chi connectivity index (χ0v) is 13.1. The number of nitrogens with one attached hydrogen (secondary N) is 1. The van der Waals surface area contributed by atoms with Crippen LogP contribution in [0.4, 0.5) is 5.88 Å². The molecule has 2 aromatic heterocycles. The number of rotatable bonds is 6. The third-order valence-electron chi connectivity index (χ3n) is 3.65. The highest BCUT2D eigenvalue weighted by Gasteiger charge is 2.22. The summed E-state index contributed by atoms with van der Waals surface area (Å²) in [4.78, 5) is 16.4. The van der Waals surface area contributed by atoms with Crippen molar-refractivity contribution >= 4 is 11.8 Å². The quantitative estimate of drug-likeness (QED) is 0.680. The molecule has 0 saturated carbocycles. The summed E-state index contributed by atoms with van der Waals surface area (Å²) in [6.07, 6.45) is 5.00.